The van der Waals surface area contributed by atoms with Gasteiger partial charge in [-0.05, 0) is 67.4 Å². The summed E-state index contributed by atoms with van der Waals surface area (Å²) in [4.78, 5) is 36.4. The maximum atomic E-state index is 12.5. The predicted octanol–water partition coefficient (Wildman–Crippen LogP) is 5.99. The number of carbonyl (C=O) groups is 3. The van der Waals surface area contributed by atoms with Crippen LogP contribution in [0.5, 0.6) is 23.0 Å². The van der Waals surface area contributed by atoms with Gasteiger partial charge in [0, 0.05) is 38.2 Å². The topological polar surface area (TPSA) is 97.4 Å². The minimum absolute atomic E-state index is 0.101. The Kier molecular flexibility index (Phi) is 11.1. The van der Waals surface area contributed by atoms with Crippen LogP contribution in [0.25, 0.3) is 0 Å². The molecule has 0 fully saturated rings. The Morgan fingerprint density at radius 1 is 0.821 bits per heavy atom. The SMILES string of the molecule is C=C(C)C(=O)Oc1ccc(CCC(=O)Oc2ccc(OC(=O)c3ccc(OCCCOC)cc3)cc2Cl)cc1. The third kappa shape index (κ3) is 9.59. The summed E-state index contributed by atoms with van der Waals surface area (Å²) in [6.45, 7) is 6.22. The molecule has 8 nitrogen and oxygen atoms in total. The van der Waals surface area contributed by atoms with Crippen molar-refractivity contribution in [3.05, 3.63) is 95.0 Å². The van der Waals surface area contributed by atoms with E-state index >= 15 is 0 Å². The Morgan fingerprint density at radius 3 is 2.13 bits per heavy atom. The van der Waals surface area contributed by atoms with Gasteiger partial charge in [-0.1, -0.05) is 30.3 Å². The molecule has 0 aliphatic rings. The summed E-state index contributed by atoms with van der Waals surface area (Å²) >= 11 is 6.25. The molecule has 0 bridgehead atoms. The maximum Gasteiger partial charge on any atom is 0.343 e. The molecular formula is C30H29ClO8. The van der Waals surface area contributed by atoms with Crippen LogP contribution in [0.3, 0.4) is 0 Å². The number of benzene rings is 3. The molecule has 3 aromatic rings. The fraction of sp³-hybridized carbons (Fsp3) is 0.233. The van der Waals surface area contributed by atoms with Gasteiger partial charge in [0.15, 0.2) is 0 Å². The number of esters is 3. The van der Waals surface area contributed by atoms with Crippen molar-refractivity contribution in [3.63, 3.8) is 0 Å². The molecule has 0 aliphatic carbocycles. The van der Waals surface area contributed by atoms with Gasteiger partial charge in [-0.3, -0.25) is 4.79 Å². The van der Waals surface area contributed by atoms with E-state index in [0.717, 1.165) is 12.0 Å². The molecule has 0 amide bonds. The lowest BCUT2D eigenvalue weighted by Gasteiger charge is -2.10. The minimum atomic E-state index is -0.567. The van der Waals surface area contributed by atoms with Gasteiger partial charge in [-0.2, -0.15) is 0 Å². The fourth-order valence-corrected chi connectivity index (χ4v) is 3.42. The van der Waals surface area contributed by atoms with Gasteiger partial charge in [0.1, 0.15) is 23.0 Å². The molecule has 0 atom stereocenters. The van der Waals surface area contributed by atoms with Crippen molar-refractivity contribution >= 4 is 29.5 Å². The molecule has 0 aromatic heterocycles. The van der Waals surface area contributed by atoms with Crippen molar-refractivity contribution in [1.29, 1.82) is 0 Å². The Hall–Kier alpha value is -4.14. The molecule has 0 radical (unpaired) electrons. The normalized spacial score (nSPS) is 10.4. The van der Waals surface area contributed by atoms with Gasteiger partial charge in [-0.25, -0.2) is 9.59 Å². The van der Waals surface area contributed by atoms with Gasteiger partial charge < -0.3 is 23.7 Å². The van der Waals surface area contributed by atoms with Crippen LogP contribution in [0.4, 0.5) is 0 Å². The summed E-state index contributed by atoms with van der Waals surface area (Å²) in [6, 6.07) is 17.7. The smallest absolute Gasteiger partial charge is 0.343 e. The van der Waals surface area contributed by atoms with Crippen molar-refractivity contribution in [2.24, 2.45) is 0 Å². The monoisotopic (exact) mass is 552 g/mol. The van der Waals surface area contributed by atoms with E-state index in [1.807, 2.05) is 0 Å². The zero-order chi connectivity index (χ0) is 28.2. The summed E-state index contributed by atoms with van der Waals surface area (Å²) in [6.07, 6.45) is 1.28. The zero-order valence-electron chi connectivity index (χ0n) is 21.7. The molecule has 0 saturated carbocycles. The Balaban J connectivity index is 1.47. The molecule has 0 unspecified atom stereocenters. The summed E-state index contributed by atoms with van der Waals surface area (Å²) in [5, 5.41) is 0.122. The molecule has 39 heavy (non-hydrogen) atoms. The second kappa shape index (κ2) is 14.7. The number of hydrogen-bond donors (Lipinski definition) is 0. The fourth-order valence-electron chi connectivity index (χ4n) is 3.21. The molecule has 0 spiro atoms. The number of methoxy groups -OCH3 is 1. The van der Waals surface area contributed by atoms with Gasteiger partial charge in [0.05, 0.1) is 17.2 Å². The number of halogens is 1. The average molecular weight is 553 g/mol. The Morgan fingerprint density at radius 2 is 1.49 bits per heavy atom. The van der Waals surface area contributed by atoms with Crippen LogP contribution < -0.4 is 18.9 Å². The first kappa shape index (κ1) is 29.4. The van der Waals surface area contributed by atoms with Crippen molar-refractivity contribution in [2.75, 3.05) is 20.3 Å². The van der Waals surface area contributed by atoms with E-state index in [9.17, 15) is 14.4 Å². The van der Waals surface area contributed by atoms with Crippen LogP contribution >= 0.6 is 11.6 Å². The summed E-state index contributed by atoms with van der Waals surface area (Å²) in [5.74, 6) is -0.167. The maximum absolute atomic E-state index is 12.5. The molecule has 0 heterocycles. The number of ether oxygens (including phenoxy) is 5. The second-order valence-corrected chi connectivity index (χ2v) is 8.90. The predicted molar refractivity (Wildman–Crippen MR) is 146 cm³/mol. The van der Waals surface area contributed by atoms with Crippen LogP contribution in [0, 0.1) is 0 Å². The van der Waals surface area contributed by atoms with Crippen LogP contribution in [0.15, 0.2) is 78.9 Å². The molecule has 9 heteroatoms. The van der Waals surface area contributed by atoms with E-state index < -0.39 is 17.9 Å². The van der Waals surface area contributed by atoms with Crippen molar-refractivity contribution in [2.45, 2.75) is 26.2 Å². The third-order valence-electron chi connectivity index (χ3n) is 5.29. The molecule has 3 rings (SSSR count). The minimum Gasteiger partial charge on any atom is -0.494 e. The van der Waals surface area contributed by atoms with Crippen molar-refractivity contribution < 1.29 is 38.1 Å². The third-order valence-corrected chi connectivity index (χ3v) is 5.58. The lowest BCUT2D eigenvalue weighted by atomic mass is 10.1. The lowest BCUT2D eigenvalue weighted by Crippen LogP contribution is -2.10. The molecular weight excluding hydrogens is 524 g/mol. The highest BCUT2D eigenvalue weighted by Gasteiger charge is 2.14. The van der Waals surface area contributed by atoms with Crippen molar-refractivity contribution in [3.8, 4) is 23.0 Å². The Bertz CT molecular complexity index is 1300. The first-order chi connectivity index (χ1) is 18.7. The summed E-state index contributed by atoms with van der Waals surface area (Å²) < 4.78 is 26.5. The van der Waals surface area contributed by atoms with E-state index in [2.05, 4.69) is 6.58 Å². The van der Waals surface area contributed by atoms with Gasteiger partial charge >= 0.3 is 17.9 Å². The van der Waals surface area contributed by atoms with Crippen LogP contribution in [0.1, 0.15) is 35.7 Å². The number of hydrogen-bond acceptors (Lipinski definition) is 8. The highest BCUT2D eigenvalue weighted by Crippen LogP contribution is 2.30. The van der Waals surface area contributed by atoms with Crippen LogP contribution in [0.2, 0.25) is 5.02 Å². The van der Waals surface area contributed by atoms with Gasteiger partial charge in [0.2, 0.25) is 0 Å². The van der Waals surface area contributed by atoms with E-state index in [4.69, 9.17) is 35.3 Å². The highest BCUT2D eigenvalue weighted by atomic mass is 35.5. The average Bonchev–Trinajstić information content (AvgIpc) is 2.92. The molecule has 0 aliphatic heterocycles. The number of aryl methyl sites for hydroxylation is 1. The molecule has 204 valence electrons. The molecule has 0 N–H and O–H groups in total. The van der Waals surface area contributed by atoms with Gasteiger partial charge in [0.25, 0.3) is 0 Å². The lowest BCUT2D eigenvalue weighted by molar-refractivity contribution is -0.134. The number of rotatable bonds is 13. The second-order valence-electron chi connectivity index (χ2n) is 8.49. The van der Waals surface area contributed by atoms with E-state index in [-0.39, 0.29) is 22.9 Å². The Labute approximate surface area is 232 Å². The zero-order valence-corrected chi connectivity index (χ0v) is 22.5. The number of carbonyl (C=O) groups excluding carboxylic acids is 3. The van der Waals surface area contributed by atoms with Gasteiger partial charge in [-0.15, -0.1) is 0 Å². The van der Waals surface area contributed by atoms with E-state index in [1.54, 1.807) is 62.6 Å². The first-order valence-corrected chi connectivity index (χ1v) is 12.5. The highest BCUT2D eigenvalue weighted by molar-refractivity contribution is 6.32. The van der Waals surface area contributed by atoms with Crippen LogP contribution in [-0.4, -0.2) is 38.2 Å². The first-order valence-electron chi connectivity index (χ1n) is 12.2. The summed E-state index contributed by atoms with van der Waals surface area (Å²) in [7, 11) is 1.63. The molecule has 3 aromatic carbocycles. The van der Waals surface area contributed by atoms with E-state index in [1.165, 1.54) is 18.2 Å². The van der Waals surface area contributed by atoms with E-state index in [0.29, 0.717) is 42.3 Å². The largest absolute Gasteiger partial charge is 0.494 e. The summed E-state index contributed by atoms with van der Waals surface area (Å²) in [5.41, 5.74) is 1.51. The van der Waals surface area contributed by atoms with Crippen LogP contribution in [-0.2, 0) is 20.7 Å². The quantitative estimate of drug-likeness (QED) is 0.110. The standard InChI is InChI=1S/C30H29ClO8/c1-20(2)29(33)37-24-10-5-21(6-11-24)7-16-28(32)39-27-15-14-25(19-26(27)31)38-30(34)22-8-12-23(13-9-22)36-18-4-17-35-3/h5-6,8-15,19H,1,4,7,16-18H2,2-3H3. The van der Waals surface area contributed by atoms with Crippen molar-refractivity contribution in [1.82, 2.24) is 0 Å². The molecule has 0 saturated heterocycles.